The SMILES string of the molecule is COC(=O)C1=C[C@@H](c2ccc(Cl)cc2)[C@H]2CC(Cc3ccccc3)=C[C@@]2(Cc2ccccc2)O1. The van der Waals surface area contributed by atoms with Gasteiger partial charge in [-0.15, -0.1) is 0 Å². The highest BCUT2D eigenvalue weighted by molar-refractivity contribution is 6.30. The number of carbonyl (C=O) groups excluding carboxylic acids is 1. The van der Waals surface area contributed by atoms with Crippen LogP contribution in [0.4, 0.5) is 0 Å². The molecule has 0 fully saturated rings. The second-order valence-corrected chi connectivity index (χ2v) is 9.53. The molecule has 0 bridgehead atoms. The van der Waals surface area contributed by atoms with Crippen molar-refractivity contribution in [2.75, 3.05) is 7.11 Å². The fourth-order valence-electron chi connectivity index (χ4n) is 5.36. The van der Waals surface area contributed by atoms with Crippen LogP contribution >= 0.6 is 11.6 Å². The first-order chi connectivity index (χ1) is 16.6. The molecule has 172 valence electrons. The number of rotatable bonds is 6. The van der Waals surface area contributed by atoms with E-state index in [1.807, 2.05) is 54.6 Å². The Labute approximate surface area is 205 Å². The molecule has 0 radical (unpaired) electrons. The number of ether oxygens (including phenoxy) is 2. The molecule has 3 aromatic carbocycles. The van der Waals surface area contributed by atoms with E-state index in [-0.39, 0.29) is 17.6 Å². The maximum atomic E-state index is 12.7. The van der Waals surface area contributed by atoms with Gasteiger partial charge in [0.25, 0.3) is 0 Å². The van der Waals surface area contributed by atoms with Crippen molar-refractivity contribution < 1.29 is 14.3 Å². The molecule has 0 unspecified atom stereocenters. The van der Waals surface area contributed by atoms with Crippen molar-refractivity contribution >= 4 is 17.6 Å². The predicted octanol–water partition coefficient (Wildman–Crippen LogP) is 6.68. The molecule has 34 heavy (non-hydrogen) atoms. The Morgan fingerprint density at radius 2 is 1.62 bits per heavy atom. The molecule has 2 aliphatic rings. The van der Waals surface area contributed by atoms with Gasteiger partial charge < -0.3 is 9.47 Å². The highest BCUT2D eigenvalue weighted by Gasteiger charge is 2.51. The largest absolute Gasteiger partial charge is 0.475 e. The highest BCUT2D eigenvalue weighted by atomic mass is 35.5. The molecule has 0 N–H and O–H groups in total. The summed E-state index contributed by atoms with van der Waals surface area (Å²) in [7, 11) is 1.39. The van der Waals surface area contributed by atoms with Gasteiger partial charge in [-0.05, 0) is 53.8 Å². The van der Waals surface area contributed by atoms with Gasteiger partial charge in [-0.25, -0.2) is 4.79 Å². The van der Waals surface area contributed by atoms with Crippen molar-refractivity contribution in [1.82, 2.24) is 0 Å². The highest BCUT2D eigenvalue weighted by Crippen LogP contribution is 2.52. The Morgan fingerprint density at radius 3 is 2.26 bits per heavy atom. The second kappa shape index (κ2) is 9.52. The molecule has 0 amide bonds. The van der Waals surface area contributed by atoms with Crippen molar-refractivity contribution in [3.63, 3.8) is 0 Å². The lowest BCUT2D eigenvalue weighted by Gasteiger charge is -2.43. The Kier molecular flexibility index (Phi) is 6.30. The molecule has 3 aromatic rings. The second-order valence-electron chi connectivity index (χ2n) is 9.09. The lowest BCUT2D eigenvalue weighted by atomic mass is 9.72. The minimum Gasteiger partial charge on any atom is -0.475 e. The van der Waals surface area contributed by atoms with Gasteiger partial charge in [0, 0.05) is 23.3 Å². The summed E-state index contributed by atoms with van der Waals surface area (Å²) in [6, 6.07) is 28.7. The molecule has 0 saturated heterocycles. The molecule has 1 heterocycles. The first-order valence-corrected chi connectivity index (χ1v) is 12.0. The first-order valence-electron chi connectivity index (χ1n) is 11.6. The number of halogens is 1. The monoisotopic (exact) mass is 470 g/mol. The third-order valence-corrected chi connectivity index (χ3v) is 7.11. The van der Waals surface area contributed by atoms with Gasteiger partial charge in [0.15, 0.2) is 0 Å². The fourth-order valence-corrected chi connectivity index (χ4v) is 5.48. The van der Waals surface area contributed by atoms with Crippen LogP contribution in [0.15, 0.2) is 108 Å². The zero-order chi connectivity index (χ0) is 23.5. The van der Waals surface area contributed by atoms with Crippen LogP contribution in [-0.2, 0) is 27.1 Å². The number of benzene rings is 3. The summed E-state index contributed by atoms with van der Waals surface area (Å²) >= 11 is 6.19. The number of allylic oxidation sites excluding steroid dienone is 2. The van der Waals surface area contributed by atoms with Crippen LogP contribution in [0, 0.1) is 5.92 Å². The van der Waals surface area contributed by atoms with E-state index in [4.69, 9.17) is 21.1 Å². The number of fused-ring (bicyclic) bond motifs is 1. The molecule has 1 aliphatic carbocycles. The number of methoxy groups -OCH3 is 1. The van der Waals surface area contributed by atoms with Crippen LogP contribution in [0.25, 0.3) is 0 Å². The van der Waals surface area contributed by atoms with Crippen molar-refractivity contribution in [3.8, 4) is 0 Å². The van der Waals surface area contributed by atoms with E-state index >= 15 is 0 Å². The summed E-state index contributed by atoms with van der Waals surface area (Å²) in [4.78, 5) is 12.7. The minimum atomic E-state index is -0.645. The number of hydrogen-bond acceptors (Lipinski definition) is 3. The molecular formula is C30H27ClO3. The number of esters is 1. The topological polar surface area (TPSA) is 35.5 Å². The third-order valence-electron chi connectivity index (χ3n) is 6.86. The quantitative estimate of drug-likeness (QED) is 0.297. The Bertz CT molecular complexity index is 1210. The van der Waals surface area contributed by atoms with Gasteiger partial charge in [0.2, 0.25) is 5.76 Å². The van der Waals surface area contributed by atoms with Crippen molar-refractivity contribution in [3.05, 3.63) is 130 Å². The lowest BCUT2D eigenvalue weighted by Crippen LogP contribution is -2.45. The van der Waals surface area contributed by atoms with Crippen molar-refractivity contribution in [2.24, 2.45) is 5.92 Å². The third kappa shape index (κ3) is 4.53. The molecule has 4 heteroatoms. The summed E-state index contributed by atoms with van der Waals surface area (Å²) in [5.41, 5.74) is 4.24. The zero-order valence-electron chi connectivity index (χ0n) is 19.1. The Hall–Kier alpha value is -3.30. The van der Waals surface area contributed by atoms with Crippen LogP contribution in [0.3, 0.4) is 0 Å². The summed E-state index contributed by atoms with van der Waals surface area (Å²) in [5, 5.41) is 0.692. The van der Waals surface area contributed by atoms with Gasteiger partial charge in [-0.1, -0.05) is 90.0 Å². The molecular weight excluding hydrogens is 444 g/mol. The van der Waals surface area contributed by atoms with Gasteiger partial charge in [-0.2, -0.15) is 0 Å². The number of carbonyl (C=O) groups is 1. The summed E-state index contributed by atoms with van der Waals surface area (Å²) in [5.74, 6) is -0.0454. The molecule has 3 atom stereocenters. The van der Waals surface area contributed by atoms with Crippen molar-refractivity contribution in [1.29, 1.82) is 0 Å². The predicted molar refractivity (Wildman–Crippen MR) is 135 cm³/mol. The van der Waals surface area contributed by atoms with E-state index in [1.165, 1.54) is 23.8 Å². The van der Waals surface area contributed by atoms with Crippen molar-refractivity contribution in [2.45, 2.75) is 30.8 Å². The summed E-state index contributed by atoms with van der Waals surface area (Å²) in [6.45, 7) is 0. The molecule has 0 saturated carbocycles. The van der Waals surface area contributed by atoms with Gasteiger partial charge in [0.1, 0.15) is 5.60 Å². The van der Waals surface area contributed by atoms with Gasteiger partial charge in [0.05, 0.1) is 7.11 Å². The molecule has 0 aromatic heterocycles. The molecule has 0 spiro atoms. The van der Waals surface area contributed by atoms with E-state index in [2.05, 4.69) is 42.5 Å². The molecule has 5 rings (SSSR count). The Balaban J connectivity index is 1.59. The van der Waals surface area contributed by atoms with E-state index in [9.17, 15) is 4.79 Å². The first kappa shape index (κ1) is 22.5. The van der Waals surface area contributed by atoms with Crippen LogP contribution in [0.1, 0.15) is 29.0 Å². The van der Waals surface area contributed by atoms with Gasteiger partial charge >= 0.3 is 5.97 Å². The van der Waals surface area contributed by atoms with E-state index in [1.54, 1.807) is 0 Å². The lowest BCUT2D eigenvalue weighted by molar-refractivity contribution is -0.145. The van der Waals surface area contributed by atoms with Gasteiger partial charge in [-0.3, -0.25) is 0 Å². The maximum absolute atomic E-state index is 12.7. The summed E-state index contributed by atoms with van der Waals surface area (Å²) in [6.07, 6.45) is 6.63. The van der Waals surface area contributed by atoms with Crippen LogP contribution in [0.5, 0.6) is 0 Å². The average molecular weight is 471 g/mol. The number of hydrogen-bond donors (Lipinski definition) is 0. The molecule has 1 aliphatic heterocycles. The van der Waals surface area contributed by atoms with E-state index in [0.717, 1.165) is 18.4 Å². The molecule has 3 nitrogen and oxygen atoms in total. The average Bonchev–Trinajstić information content (AvgIpc) is 3.22. The van der Waals surface area contributed by atoms with Crippen LogP contribution in [-0.4, -0.2) is 18.7 Å². The van der Waals surface area contributed by atoms with Crippen LogP contribution in [0.2, 0.25) is 5.02 Å². The zero-order valence-corrected chi connectivity index (χ0v) is 19.9. The summed E-state index contributed by atoms with van der Waals surface area (Å²) < 4.78 is 11.7. The minimum absolute atomic E-state index is 0.00616. The fraction of sp³-hybridized carbons (Fsp3) is 0.233. The maximum Gasteiger partial charge on any atom is 0.373 e. The van der Waals surface area contributed by atoms with Crippen LogP contribution < -0.4 is 0 Å². The van der Waals surface area contributed by atoms with E-state index in [0.29, 0.717) is 11.4 Å². The normalized spacial score (nSPS) is 23.4. The van der Waals surface area contributed by atoms with E-state index < -0.39 is 11.6 Å². The standard InChI is InChI=1S/C30H27ClO3/c1-33-29(32)28-18-26(24-12-14-25(31)15-13-24)27-17-23(16-21-8-4-2-5-9-21)20-30(27,34-28)19-22-10-6-3-7-11-22/h2-15,18,20,26-27H,16-17,19H2,1H3/t26-,27+,30+/m0/s1. The smallest absolute Gasteiger partial charge is 0.373 e. The Morgan fingerprint density at radius 1 is 0.971 bits per heavy atom.